The Kier molecular flexibility index (Phi) is 3.74. The van der Waals surface area contributed by atoms with E-state index in [2.05, 4.69) is 5.32 Å². The van der Waals surface area contributed by atoms with Crippen molar-refractivity contribution < 1.29 is 4.79 Å². The van der Waals surface area contributed by atoms with Crippen molar-refractivity contribution in [2.45, 2.75) is 4.90 Å². The quantitative estimate of drug-likeness (QED) is 0.742. The lowest BCUT2D eigenvalue weighted by molar-refractivity contribution is -0.112. The number of hydrogen-bond donors (Lipinski definition) is 1. The summed E-state index contributed by atoms with van der Waals surface area (Å²) in [5.41, 5.74) is 1.61. The lowest BCUT2D eigenvalue weighted by Gasteiger charge is -2.18. The molecule has 1 N–H and O–H groups in total. The van der Waals surface area contributed by atoms with Gasteiger partial charge in [0.25, 0.3) is 5.91 Å². The van der Waals surface area contributed by atoms with Gasteiger partial charge in [-0.25, -0.2) is 0 Å². The molecule has 20 heavy (non-hydrogen) atoms. The maximum absolute atomic E-state index is 12.1. The SMILES string of the molecule is O=C1Nc2ccccc2SC1=Cc1ccc(Cl)cc1Cl. The molecule has 2 nitrogen and oxygen atoms in total. The van der Waals surface area contributed by atoms with Crippen LogP contribution in [0.1, 0.15) is 5.56 Å². The summed E-state index contributed by atoms with van der Waals surface area (Å²) in [5, 5.41) is 3.96. The molecule has 0 bridgehead atoms. The molecule has 3 rings (SSSR count). The number of thioether (sulfide) groups is 1. The van der Waals surface area contributed by atoms with Gasteiger partial charge in [-0.15, -0.1) is 0 Å². The van der Waals surface area contributed by atoms with Crippen LogP contribution in [0.25, 0.3) is 6.08 Å². The third-order valence-electron chi connectivity index (χ3n) is 2.83. The first-order valence-corrected chi connectivity index (χ1v) is 7.46. The highest BCUT2D eigenvalue weighted by Gasteiger charge is 2.20. The van der Waals surface area contributed by atoms with Crippen LogP contribution in [0.4, 0.5) is 5.69 Å². The lowest BCUT2D eigenvalue weighted by atomic mass is 10.2. The third kappa shape index (κ3) is 2.70. The minimum absolute atomic E-state index is 0.125. The van der Waals surface area contributed by atoms with E-state index in [0.29, 0.717) is 15.0 Å². The van der Waals surface area contributed by atoms with Gasteiger partial charge in [0.1, 0.15) is 0 Å². The fraction of sp³-hybridized carbons (Fsp3) is 0. The second kappa shape index (κ2) is 5.52. The van der Waals surface area contributed by atoms with Crippen molar-refractivity contribution in [1.82, 2.24) is 0 Å². The van der Waals surface area contributed by atoms with Crippen LogP contribution >= 0.6 is 35.0 Å². The Morgan fingerprint density at radius 3 is 2.70 bits per heavy atom. The molecule has 1 amide bonds. The highest BCUT2D eigenvalue weighted by atomic mass is 35.5. The van der Waals surface area contributed by atoms with E-state index in [1.165, 1.54) is 11.8 Å². The summed E-state index contributed by atoms with van der Waals surface area (Å²) < 4.78 is 0. The van der Waals surface area contributed by atoms with Crippen molar-refractivity contribution in [3.05, 3.63) is 63.0 Å². The Morgan fingerprint density at radius 2 is 1.90 bits per heavy atom. The number of halogens is 2. The number of rotatable bonds is 1. The maximum atomic E-state index is 12.1. The number of carbonyl (C=O) groups is 1. The molecular formula is C15H9Cl2NOS. The molecule has 2 aromatic carbocycles. The van der Waals surface area contributed by atoms with Crippen LogP contribution < -0.4 is 5.32 Å². The van der Waals surface area contributed by atoms with Crippen molar-refractivity contribution in [2.75, 3.05) is 5.32 Å². The van der Waals surface area contributed by atoms with Gasteiger partial charge in [0.15, 0.2) is 0 Å². The normalized spacial score (nSPS) is 15.9. The van der Waals surface area contributed by atoms with E-state index in [4.69, 9.17) is 23.2 Å². The van der Waals surface area contributed by atoms with E-state index in [1.807, 2.05) is 24.3 Å². The number of anilines is 1. The summed E-state index contributed by atoms with van der Waals surface area (Å²) in [6.07, 6.45) is 1.77. The Morgan fingerprint density at radius 1 is 1.10 bits per heavy atom. The number of para-hydroxylation sites is 1. The number of nitrogens with one attached hydrogen (secondary N) is 1. The number of hydrogen-bond acceptors (Lipinski definition) is 2. The van der Waals surface area contributed by atoms with Crippen LogP contribution in [-0.2, 0) is 4.79 Å². The van der Waals surface area contributed by atoms with E-state index < -0.39 is 0 Å². The average Bonchev–Trinajstić information content (AvgIpc) is 2.42. The minimum Gasteiger partial charge on any atom is -0.320 e. The Bertz CT molecular complexity index is 728. The van der Waals surface area contributed by atoms with E-state index in [9.17, 15) is 4.79 Å². The molecule has 5 heteroatoms. The summed E-state index contributed by atoms with van der Waals surface area (Å²) in [6.45, 7) is 0. The molecule has 0 unspecified atom stereocenters. The van der Waals surface area contributed by atoms with Gasteiger partial charge in [-0.2, -0.15) is 0 Å². The van der Waals surface area contributed by atoms with Gasteiger partial charge < -0.3 is 5.32 Å². The molecule has 1 aliphatic heterocycles. The van der Waals surface area contributed by atoms with Crippen molar-refractivity contribution in [3.63, 3.8) is 0 Å². The summed E-state index contributed by atoms with van der Waals surface area (Å²) in [7, 11) is 0. The monoisotopic (exact) mass is 321 g/mol. The fourth-order valence-electron chi connectivity index (χ4n) is 1.86. The van der Waals surface area contributed by atoms with Gasteiger partial charge >= 0.3 is 0 Å². The van der Waals surface area contributed by atoms with Crippen molar-refractivity contribution >= 4 is 52.6 Å². The zero-order valence-corrected chi connectivity index (χ0v) is 12.5. The van der Waals surface area contributed by atoms with E-state index in [-0.39, 0.29) is 5.91 Å². The fourth-order valence-corrected chi connectivity index (χ4v) is 3.27. The van der Waals surface area contributed by atoms with Gasteiger partial charge in [0.2, 0.25) is 0 Å². The third-order valence-corrected chi connectivity index (χ3v) is 4.49. The van der Waals surface area contributed by atoms with Gasteiger partial charge in [0.05, 0.1) is 10.6 Å². The van der Waals surface area contributed by atoms with Crippen LogP contribution in [0.3, 0.4) is 0 Å². The van der Waals surface area contributed by atoms with Gasteiger partial charge in [-0.1, -0.05) is 53.2 Å². The predicted octanol–water partition coefficient (Wildman–Crippen LogP) is 5.08. The minimum atomic E-state index is -0.125. The first-order chi connectivity index (χ1) is 9.63. The van der Waals surface area contributed by atoms with E-state index >= 15 is 0 Å². The Balaban J connectivity index is 1.98. The molecule has 0 aromatic heterocycles. The molecule has 0 atom stereocenters. The second-order valence-electron chi connectivity index (χ2n) is 4.23. The molecule has 2 aromatic rings. The van der Waals surface area contributed by atoms with Crippen molar-refractivity contribution in [2.24, 2.45) is 0 Å². The van der Waals surface area contributed by atoms with Crippen LogP contribution in [0.2, 0.25) is 10.0 Å². The summed E-state index contributed by atoms with van der Waals surface area (Å²) in [4.78, 5) is 13.7. The zero-order valence-electron chi connectivity index (χ0n) is 10.2. The van der Waals surface area contributed by atoms with Crippen molar-refractivity contribution in [3.8, 4) is 0 Å². The van der Waals surface area contributed by atoms with Crippen molar-refractivity contribution in [1.29, 1.82) is 0 Å². The molecule has 0 saturated carbocycles. The highest BCUT2D eigenvalue weighted by Crippen LogP contribution is 2.39. The number of fused-ring (bicyclic) bond motifs is 1. The molecular weight excluding hydrogens is 313 g/mol. The van der Waals surface area contributed by atoms with Crippen LogP contribution in [0.5, 0.6) is 0 Å². The Labute approximate surface area is 130 Å². The van der Waals surface area contributed by atoms with Crippen LogP contribution in [-0.4, -0.2) is 5.91 Å². The number of amides is 1. The molecule has 0 fully saturated rings. The molecule has 0 saturated heterocycles. The van der Waals surface area contributed by atoms with E-state index in [1.54, 1.807) is 24.3 Å². The smallest absolute Gasteiger partial charge is 0.262 e. The van der Waals surface area contributed by atoms with Crippen LogP contribution in [0, 0.1) is 0 Å². The highest BCUT2D eigenvalue weighted by molar-refractivity contribution is 8.04. The van der Waals surface area contributed by atoms with Gasteiger partial charge in [-0.05, 0) is 35.9 Å². The topological polar surface area (TPSA) is 29.1 Å². The molecule has 100 valence electrons. The molecule has 1 heterocycles. The summed E-state index contributed by atoms with van der Waals surface area (Å²) in [6, 6.07) is 12.9. The lowest BCUT2D eigenvalue weighted by Crippen LogP contribution is -2.17. The summed E-state index contributed by atoms with van der Waals surface area (Å²) >= 11 is 13.4. The van der Waals surface area contributed by atoms with Gasteiger partial charge in [0, 0.05) is 14.9 Å². The first kappa shape index (κ1) is 13.6. The number of benzene rings is 2. The summed E-state index contributed by atoms with van der Waals surface area (Å²) in [5.74, 6) is -0.125. The average molecular weight is 322 g/mol. The Hall–Kier alpha value is -1.42. The standard InChI is InChI=1S/C15H9Cl2NOS/c16-10-6-5-9(11(17)8-10)7-14-15(19)18-12-3-1-2-4-13(12)20-14/h1-8H,(H,18,19). The molecule has 0 spiro atoms. The van der Waals surface area contributed by atoms with Gasteiger partial charge in [-0.3, -0.25) is 4.79 Å². The zero-order chi connectivity index (χ0) is 14.1. The number of carbonyl (C=O) groups excluding carboxylic acids is 1. The molecule has 1 aliphatic rings. The van der Waals surface area contributed by atoms with E-state index in [0.717, 1.165) is 16.1 Å². The second-order valence-corrected chi connectivity index (χ2v) is 6.15. The maximum Gasteiger partial charge on any atom is 0.262 e. The largest absolute Gasteiger partial charge is 0.320 e. The molecule has 0 radical (unpaired) electrons. The first-order valence-electron chi connectivity index (χ1n) is 5.88. The molecule has 0 aliphatic carbocycles. The van der Waals surface area contributed by atoms with Crippen LogP contribution in [0.15, 0.2) is 52.3 Å². The predicted molar refractivity (Wildman–Crippen MR) is 85.4 cm³/mol.